The van der Waals surface area contributed by atoms with Crippen LogP contribution in [0.2, 0.25) is 0 Å². The van der Waals surface area contributed by atoms with Crippen molar-refractivity contribution >= 4 is 11.6 Å². The van der Waals surface area contributed by atoms with Crippen molar-refractivity contribution < 1.29 is 4.79 Å². The number of nitrogens with zero attached hydrogens (tertiary/aromatic N) is 2. The molecular formula is C14H11N3O2. The Balaban J connectivity index is 2.29. The van der Waals surface area contributed by atoms with Crippen molar-refractivity contribution in [2.24, 2.45) is 7.05 Å². The molecule has 0 aliphatic rings. The Morgan fingerprint density at radius 1 is 1.26 bits per heavy atom. The number of aryl methyl sites for hydroxylation is 1. The molecule has 1 amide bonds. The molecule has 0 spiro atoms. The molecule has 0 bridgehead atoms. The monoisotopic (exact) mass is 253 g/mol. The third-order valence-electron chi connectivity index (χ3n) is 2.64. The van der Waals surface area contributed by atoms with Crippen LogP contribution in [0.3, 0.4) is 0 Å². The lowest BCUT2D eigenvalue weighted by atomic mass is 10.2. The first-order chi connectivity index (χ1) is 9.11. The second kappa shape index (κ2) is 5.19. The maximum absolute atomic E-state index is 12.0. The zero-order valence-electron chi connectivity index (χ0n) is 10.3. The van der Waals surface area contributed by atoms with Crippen LogP contribution in [0.25, 0.3) is 0 Å². The van der Waals surface area contributed by atoms with Gasteiger partial charge in [0.15, 0.2) is 0 Å². The van der Waals surface area contributed by atoms with E-state index in [1.165, 1.54) is 22.9 Å². The predicted molar refractivity (Wildman–Crippen MR) is 70.8 cm³/mol. The number of benzene rings is 1. The van der Waals surface area contributed by atoms with Gasteiger partial charge in [-0.1, -0.05) is 12.1 Å². The summed E-state index contributed by atoms with van der Waals surface area (Å²) in [7, 11) is 1.57. The second-order valence-electron chi connectivity index (χ2n) is 3.98. The quantitative estimate of drug-likeness (QED) is 0.881. The Morgan fingerprint density at radius 2 is 2.00 bits per heavy atom. The number of aromatic nitrogens is 1. The molecular weight excluding hydrogens is 242 g/mol. The van der Waals surface area contributed by atoms with Gasteiger partial charge in [-0.25, -0.2) is 0 Å². The van der Waals surface area contributed by atoms with Crippen molar-refractivity contribution in [3.63, 3.8) is 0 Å². The number of carbonyl (C=O) groups is 1. The van der Waals surface area contributed by atoms with Gasteiger partial charge in [0.05, 0.1) is 16.8 Å². The molecule has 1 aromatic heterocycles. The van der Waals surface area contributed by atoms with Crippen LogP contribution in [-0.2, 0) is 7.05 Å². The number of amides is 1. The third-order valence-corrected chi connectivity index (χ3v) is 2.64. The molecule has 1 aromatic carbocycles. The van der Waals surface area contributed by atoms with Gasteiger partial charge >= 0.3 is 0 Å². The Hall–Kier alpha value is -2.87. The summed E-state index contributed by atoms with van der Waals surface area (Å²) >= 11 is 0. The Morgan fingerprint density at radius 3 is 2.68 bits per heavy atom. The number of para-hydroxylation sites is 1. The van der Waals surface area contributed by atoms with Gasteiger partial charge in [-0.3, -0.25) is 9.59 Å². The van der Waals surface area contributed by atoms with Gasteiger partial charge in [0, 0.05) is 19.3 Å². The minimum atomic E-state index is -0.363. The first kappa shape index (κ1) is 12.6. The Kier molecular flexibility index (Phi) is 3.44. The molecule has 0 radical (unpaired) electrons. The number of anilines is 1. The number of carbonyl (C=O) groups excluding carboxylic acids is 1. The van der Waals surface area contributed by atoms with Gasteiger partial charge in [-0.15, -0.1) is 0 Å². The highest BCUT2D eigenvalue weighted by Gasteiger charge is 2.09. The summed E-state index contributed by atoms with van der Waals surface area (Å²) < 4.78 is 1.32. The summed E-state index contributed by atoms with van der Waals surface area (Å²) in [5.41, 5.74) is 1.01. The van der Waals surface area contributed by atoms with E-state index in [1.54, 1.807) is 31.3 Å². The van der Waals surface area contributed by atoms with Crippen LogP contribution in [0, 0.1) is 11.3 Å². The largest absolute Gasteiger partial charge is 0.321 e. The number of hydrogen-bond donors (Lipinski definition) is 1. The molecule has 1 heterocycles. The second-order valence-corrected chi connectivity index (χ2v) is 3.98. The minimum absolute atomic E-state index is 0.186. The van der Waals surface area contributed by atoms with Crippen LogP contribution in [0.4, 0.5) is 5.69 Å². The number of nitriles is 1. The summed E-state index contributed by atoms with van der Waals surface area (Å²) in [6, 6.07) is 11.5. The zero-order valence-corrected chi connectivity index (χ0v) is 10.3. The molecule has 0 unspecified atom stereocenters. The minimum Gasteiger partial charge on any atom is -0.321 e. The summed E-state index contributed by atoms with van der Waals surface area (Å²) in [6.45, 7) is 0. The van der Waals surface area contributed by atoms with Crippen LogP contribution >= 0.6 is 0 Å². The summed E-state index contributed by atoms with van der Waals surface area (Å²) in [5.74, 6) is -0.363. The Labute approximate surface area is 109 Å². The predicted octanol–water partition coefficient (Wildman–Crippen LogP) is 1.51. The molecule has 0 aliphatic carbocycles. The van der Waals surface area contributed by atoms with Gasteiger partial charge in [-0.2, -0.15) is 5.26 Å². The smallest absolute Gasteiger partial charge is 0.257 e. The van der Waals surface area contributed by atoms with Crippen LogP contribution in [0.1, 0.15) is 15.9 Å². The number of pyridine rings is 1. The topological polar surface area (TPSA) is 74.9 Å². The van der Waals surface area contributed by atoms with Crippen LogP contribution in [-0.4, -0.2) is 10.5 Å². The molecule has 94 valence electrons. The fraction of sp³-hybridized carbons (Fsp3) is 0.0714. The SMILES string of the molecule is Cn1cc(C(=O)Nc2ccccc2C#N)ccc1=O. The standard InChI is InChI=1S/C14H11N3O2/c1-17-9-11(6-7-13(17)18)14(19)16-12-5-3-2-4-10(12)8-15/h2-7,9H,1H3,(H,16,19). The molecule has 0 saturated heterocycles. The summed E-state index contributed by atoms with van der Waals surface area (Å²) in [6.07, 6.45) is 1.45. The van der Waals surface area contributed by atoms with E-state index in [4.69, 9.17) is 5.26 Å². The van der Waals surface area contributed by atoms with Gasteiger partial charge < -0.3 is 9.88 Å². The summed E-state index contributed by atoms with van der Waals surface area (Å²) in [5, 5.41) is 11.6. The fourth-order valence-electron chi connectivity index (χ4n) is 1.61. The average molecular weight is 253 g/mol. The molecule has 2 aromatic rings. The first-order valence-corrected chi connectivity index (χ1v) is 5.59. The first-order valence-electron chi connectivity index (χ1n) is 5.59. The molecule has 5 nitrogen and oxygen atoms in total. The van der Waals surface area contributed by atoms with E-state index in [0.29, 0.717) is 16.8 Å². The molecule has 1 N–H and O–H groups in total. The van der Waals surface area contributed by atoms with Crippen molar-refractivity contribution in [2.75, 3.05) is 5.32 Å². The average Bonchev–Trinajstić information content (AvgIpc) is 2.42. The van der Waals surface area contributed by atoms with Gasteiger partial charge in [-0.05, 0) is 18.2 Å². The normalized spacial score (nSPS) is 9.68. The van der Waals surface area contributed by atoms with Gasteiger partial charge in [0.25, 0.3) is 5.91 Å². The molecule has 0 fully saturated rings. The fourth-order valence-corrected chi connectivity index (χ4v) is 1.61. The van der Waals surface area contributed by atoms with E-state index in [2.05, 4.69) is 5.32 Å². The molecule has 19 heavy (non-hydrogen) atoms. The van der Waals surface area contributed by atoms with Crippen molar-refractivity contribution in [3.05, 3.63) is 64.1 Å². The van der Waals surface area contributed by atoms with Gasteiger partial charge in [0.2, 0.25) is 5.56 Å². The third kappa shape index (κ3) is 2.69. The van der Waals surface area contributed by atoms with Crippen molar-refractivity contribution in [2.45, 2.75) is 0 Å². The van der Waals surface area contributed by atoms with E-state index in [1.807, 2.05) is 6.07 Å². The zero-order chi connectivity index (χ0) is 13.8. The molecule has 5 heteroatoms. The highest BCUT2D eigenvalue weighted by atomic mass is 16.2. The molecule has 0 atom stereocenters. The highest BCUT2D eigenvalue weighted by Crippen LogP contribution is 2.14. The van der Waals surface area contributed by atoms with Crippen LogP contribution < -0.4 is 10.9 Å². The van der Waals surface area contributed by atoms with Crippen LogP contribution in [0.5, 0.6) is 0 Å². The molecule has 0 aliphatic heterocycles. The van der Waals surface area contributed by atoms with E-state index in [-0.39, 0.29) is 11.5 Å². The molecule has 2 rings (SSSR count). The summed E-state index contributed by atoms with van der Waals surface area (Å²) in [4.78, 5) is 23.3. The highest BCUT2D eigenvalue weighted by molar-refractivity contribution is 6.04. The maximum Gasteiger partial charge on any atom is 0.257 e. The maximum atomic E-state index is 12.0. The van der Waals surface area contributed by atoms with Crippen LogP contribution in [0.15, 0.2) is 47.4 Å². The van der Waals surface area contributed by atoms with E-state index < -0.39 is 0 Å². The molecule has 0 saturated carbocycles. The number of nitrogens with one attached hydrogen (secondary N) is 1. The lowest BCUT2D eigenvalue weighted by molar-refractivity contribution is 0.102. The van der Waals surface area contributed by atoms with E-state index in [9.17, 15) is 9.59 Å². The Bertz CT molecular complexity index is 726. The van der Waals surface area contributed by atoms with Crippen molar-refractivity contribution in [1.82, 2.24) is 4.57 Å². The van der Waals surface area contributed by atoms with E-state index in [0.717, 1.165) is 0 Å². The number of hydrogen-bond acceptors (Lipinski definition) is 3. The van der Waals surface area contributed by atoms with Crippen molar-refractivity contribution in [1.29, 1.82) is 5.26 Å². The van der Waals surface area contributed by atoms with Gasteiger partial charge in [0.1, 0.15) is 6.07 Å². The lowest BCUT2D eigenvalue weighted by Crippen LogP contribution is -2.19. The van der Waals surface area contributed by atoms with E-state index >= 15 is 0 Å². The number of rotatable bonds is 2. The van der Waals surface area contributed by atoms with Crippen molar-refractivity contribution in [3.8, 4) is 6.07 Å². The lowest BCUT2D eigenvalue weighted by Gasteiger charge is -2.07.